The van der Waals surface area contributed by atoms with E-state index in [1.54, 1.807) is 0 Å². The number of aromatic nitrogens is 2. The molecular weight excluding hydrogens is 172 g/mol. The molecule has 1 aliphatic carbocycles. The Morgan fingerprint density at radius 1 is 1.43 bits per heavy atom. The number of hydrogen-bond acceptors (Lipinski definition) is 1. The zero-order chi connectivity index (χ0) is 9.54. The minimum atomic E-state index is 0.888. The molecule has 14 heavy (non-hydrogen) atoms. The first-order chi connectivity index (χ1) is 6.83. The van der Waals surface area contributed by atoms with Crippen LogP contribution in [-0.4, -0.2) is 9.78 Å². The normalized spacial score (nSPS) is 16.4. The lowest BCUT2D eigenvalue weighted by molar-refractivity contribution is 0.580. The minimum Gasteiger partial charge on any atom is -0.265 e. The molecule has 0 atom stereocenters. The molecule has 1 saturated carbocycles. The molecule has 1 heterocycles. The molecule has 0 unspecified atom stereocenters. The van der Waals surface area contributed by atoms with Gasteiger partial charge in [0.25, 0.3) is 0 Å². The molecule has 0 radical (unpaired) electrons. The van der Waals surface area contributed by atoms with Crippen LogP contribution < -0.4 is 0 Å². The number of fused-ring (bicyclic) bond motifs is 1. The second-order valence-corrected chi connectivity index (χ2v) is 4.33. The van der Waals surface area contributed by atoms with E-state index in [2.05, 4.69) is 34.9 Å². The van der Waals surface area contributed by atoms with Crippen LogP contribution in [0.5, 0.6) is 0 Å². The number of rotatable bonds is 2. The lowest BCUT2D eigenvalue weighted by Gasteiger charge is -2.01. The Hall–Kier alpha value is -1.31. The third kappa shape index (κ3) is 1.31. The summed E-state index contributed by atoms with van der Waals surface area (Å²) in [6.45, 7) is 3.24. The number of nitrogens with zero attached hydrogens (tertiary/aromatic N) is 2. The third-order valence-electron chi connectivity index (χ3n) is 2.93. The first-order valence-electron chi connectivity index (χ1n) is 5.25. The summed E-state index contributed by atoms with van der Waals surface area (Å²) in [7, 11) is 0. The Morgan fingerprint density at radius 3 is 3.07 bits per heavy atom. The fraction of sp³-hybridized carbons (Fsp3) is 0.417. The molecule has 3 rings (SSSR count). The first-order valence-corrected chi connectivity index (χ1v) is 5.25. The molecule has 0 amide bonds. The van der Waals surface area contributed by atoms with Crippen molar-refractivity contribution < 1.29 is 0 Å². The largest absolute Gasteiger partial charge is 0.265 e. The van der Waals surface area contributed by atoms with Crippen LogP contribution in [0.3, 0.4) is 0 Å². The number of hydrogen-bond donors (Lipinski definition) is 0. The minimum absolute atomic E-state index is 0.888. The summed E-state index contributed by atoms with van der Waals surface area (Å²) in [5, 5.41) is 5.69. The van der Waals surface area contributed by atoms with Gasteiger partial charge in [0.05, 0.1) is 11.7 Å². The van der Waals surface area contributed by atoms with E-state index < -0.39 is 0 Å². The summed E-state index contributed by atoms with van der Waals surface area (Å²) in [6, 6.07) is 6.53. The van der Waals surface area contributed by atoms with Crippen molar-refractivity contribution in [2.75, 3.05) is 0 Å². The van der Waals surface area contributed by atoms with Gasteiger partial charge in [0, 0.05) is 11.9 Å². The van der Waals surface area contributed by atoms with Crippen LogP contribution in [0.4, 0.5) is 0 Å². The van der Waals surface area contributed by atoms with Crippen molar-refractivity contribution in [2.24, 2.45) is 5.92 Å². The predicted octanol–water partition coefficient (Wildman–Crippen LogP) is 2.75. The van der Waals surface area contributed by atoms with Crippen molar-refractivity contribution in [2.45, 2.75) is 26.3 Å². The van der Waals surface area contributed by atoms with Crippen LogP contribution in [0.1, 0.15) is 18.4 Å². The van der Waals surface area contributed by atoms with Gasteiger partial charge in [-0.3, -0.25) is 4.68 Å². The van der Waals surface area contributed by atoms with Gasteiger partial charge >= 0.3 is 0 Å². The highest BCUT2D eigenvalue weighted by atomic mass is 15.3. The molecule has 0 bridgehead atoms. The molecule has 1 aromatic heterocycles. The predicted molar refractivity (Wildman–Crippen MR) is 57.2 cm³/mol. The topological polar surface area (TPSA) is 17.8 Å². The molecule has 1 aromatic carbocycles. The Morgan fingerprint density at radius 2 is 2.29 bits per heavy atom. The summed E-state index contributed by atoms with van der Waals surface area (Å²) in [4.78, 5) is 0. The highest BCUT2D eigenvalue weighted by Gasteiger charge is 2.22. The van der Waals surface area contributed by atoms with Crippen LogP contribution in [0.25, 0.3) is 10.9 Å². The monoisotopic (exact) mass is 186 g/mol. The van der Waals surface area contributed by atoms with E-state index in [1.807, 2.05) is 6.20 Å². The van der Waals surface area contributed by atoms with Gasteiger partial charge in [-0.2, -0.15) is 5.10 Å². The molecule has 72 valence electrons. The van der Waals surface area contributed by atoms with Gasteiger partial charge in [0.1, 0.15) is 0 Å². The van der Waals surface area contributed by atoms with Crippen LogP contribution in [0.15, 0.2) is 24.4 Å². The average Bonchev–Trinajstić information content (AvgIpc) is 2.90. The summed E-state index contributed by atoms with van der Waals surface area (Å²) in [6.07, 6.45) is 4.73. The van der Waals surface area contributed by atoms with Gasteiger partial charge in [0.2, 0.25) is 0 Å². The van der Waals surface area contributed by atoms with E-state index in [-0.39, 0.29) is 0 Å². The standard InChI is InChI=1S/C12H14N2/c1-9-2-5-11-7-13-14(12(11)6-9)8-10-3-4-10/h2,5-7,10H,3-4,8H2,1H3. The molecule has 2 heteroatoms. The van der Waals surface area contributed by atoms with Crippen molar-refractivity contribution in [1.82, 2.24) is 9.78 Å². The van der Waals surface area contributed by atoms with Crippen LogP contribution in [-0.2, 0) is 6.54 Å². The molecule has 2 nitrogen and oxygen atoms in total. The van der Waals surface area contributed by atoms with Gasteiger partial charge in [-0.15, -0.1) is 0 Å². The van der Waals surface area contributed by atoms with Gasteiger partial charge in [-0.05, 0) is 37.3 Å². The Kier molecular flexibility index (Phi) is 1.63. The Bertz CT molecular complexity index is 466. The molecule has 1 fully saturated rings. The van der Waals surface area contributed by atoms with Crippen molar-refractivity contribution in [1.29, 1.82) is 0 Å². The summed E-state index contributed by atoms with van der Waals surface area (Å²) in [5.74, 6) is 0.888. The Balaban J connectivity index is 2.08. The molecule has 0 N–H and O–H groups in total. The van der Waals surface area contributed by atoms with Crippen molar-refractivity contribution in [3.8, 4) is 0 Å². The highest BCUT2D eigenvalue weighted by molar-refractivity contribution is 5.79. The zero-order valence-electron chi connectivity index (χ0n) is 8.40. The fourth-order valence-electron chi connectivity index (χ4n) is 1.87. The van der Waals surface area contributed by atoms with Crippen molar-refractivity contribution >= 4 is 10.9 Å². The van der Waals surface area contributed by atoms with E-state index in [0.717, 1.165) is 12.5 Å². The molecule has 0 saturated heterocycles. The molecule has 2 aromatic rings. The van der Waals surface area contributed by atoms with Gasteiger partial charge in [-0.1, -0.05) is 12.1 Å². The second kappa shape index (κ2) is 2.84. The maximum Gasteiger partial charge on any atom is 0.0685 e. The van der Waals surface area contributed by atoms with Gasteiger partial charge < -0.3 is 0 Å². The average molecular weight is 186 g/mol. The maximum absolute atomic E-state index is 4.43. The van der Waals surface area contributed by atoms with Gasteiger partial charge in [-0.25, -0.2) is 0 Å². The maximum atomic E-state index is 4.43. The second-order valence-electron chi connectivity index (χ2n) is 4.33. The summed E-state index contributed by atoms with van der Waals surface area (Å²) >= 11 is 0. The summed E-state index contributed by atoms with van der Waals surface area (Å²) in [5.41, 5.74) is 2.60. The van der Waals surface area contributed by atoms with Gasteiger partial charge in [0.15, 0.2) is 0 Å². The highest BCUT2D eigenvalue weighted by Crippen LogP contribution is 2.31. The smallest absolute Gasteiger partial charge is 0.0685 e. The van der Waals surface area contributed by atoms with E-state index in [0.29, 0.717) is 0 Å². The van der Waals surface area contributed by atoms with Crippen LogP contribution in [0, 0.1) is 12.8 Å². The SMILES string of the molecule is Cc1ccc2cnn(CC3CC3)c2c1. The van der Waals surface area contributed by atoms with E-state index >= 15 is 0 Å². The molecule has 0 spiro atoms. The zero-order valence-corrected chi connectivity index (χ0v) is 8.40. The van der Waals surface area contributed by atoms with Crippen LogP contribution >= 0.6 is 0 Å². The molecule has 0 aliphatic heterocycles. The fourth-order valence-corrected chi connectivity index (χ4v) is 1.87. The Labute approximate surface area is 83.5 Å². The summed E-state index contributed by atoms with van der Waals surface area (Å²) < 4.78 is 2.15. The van der Waals surface area contributed by atoms with E-state index in [9.17, 15) is 0 Å². The number of benzene rings is 1. The molecular formula is C12H14N2. The van der Waals surface area contributed by atoms with E-state index in [4.69, 9.17) is 0 Å². The van der Waals surface area contributed by atoms with Crippen LogP contribution in [0.2, 0.25) is 0 Å². The van der Waals surface area contributed by atoms with Crippen molar-refractivity contribution in [3.05, 3.63) is 30.0 Å². The number of aryl methyl sites for hydroxylation is 1. The first kappa shape index (κ1) is 8.04. The lowest BCUT2D eigenvalue weighted by atomic mass is 10.2. The van der Waals surface area contributed by atoms with E-state index in [1.165, 1.54) is 29.3 Å². The quantitative estimate of drug-likeness (QED) is 0.705. The third-order valence-corrected chi connectivity index (χ3v) is 2.93. The lowest BCUT2D eigenvalue weighted by Crippen LogP contribution is -2.01. The van der Waals surface area contributed by atoms with Crippen molar-refractivity contribution in [3.63, 3.8) is 0 Å². The molecule has 1 aliphatic rings.